The molecule has 4 heterocycles. The fourth-order valence-electron chi connectivity index (χ4n) is 4.00. The van der Waals surface area contributed by atoms with Crippen LogP contribution < -0.4 is 10.5 Å². The largest absolute Gasteiger partial charge is 0.495 e. The normalized spacial score (nSPS) is 25.6. The smallest absolute Gasteiger partial charge is 0.166 e. The first kappa shape index (κ1) is 21.0. The third kappa shape index (κ3) is 3.47. The molecule has 10 heteroatoms. The molecule has 0 radical (unpaired) electrons. The van der Waals surface area contributed by atoms with Gasteiger partial charge in [-0.2, -0.15) is 0 Å². The van der Waals surface area contributed by atoms with Gasteiger partial charge in [0.1, 0.15) is 21.9 Å². The van der Waals surface area contributed by atoms with Crippen LogP contribution in [0.2, 0.25) is 0 Å². The first-order valence-corrected chi connectivity index (χ1v) is 12.7. The Kier molecular flexibility index (Phi) is 5.41. The van der Waals surface area contributed by atoms with Crippen LogP contribution in [0.3, 0.4) is 0 Å². The van der Waals surface area contributed by atoms with Gasteiger partial charge in [-0.15, -0.1) is 11.3 Å². The summed E-state index contributed by atoms with van der Waals surface area (Å²) in [6.07, 6.45) is 4.14. The minimum absolute atomic E-state index is 0.0625. The maximum absolute atomic E-state index is 13.4. The molecule has 0 aliphatic carbocycles. The van der Waals surface area contributed by atoms with E-state index in [4.69, 9.17) is 20.2 Å². The Hall–Kier alpha value is -1.24. The van der Waals surface area contributed by atoms with E-state index in [9.17, 15) is 8.42 Å². The van der Waals surface area contributed by atoms with Crippen molar-refractivity contribution < 1.29 is 17.9 Å². The van der Waals surface area contributed by atoms with Crippen LogP contribution in [0.25, 0.3) is 10.4 Å². The zero-order valence-electron chi connectivity index (χ0n) is 16.1. The van der Waals surface area contributed by atoms with Gasteiger partial charge in [-0.1, -0.05) is 0 Å². The van der Waals surface area contributed by atoms with Gasteiger partial charge in [-0.05, 0) is 54.5 Å². The highest BCUT2D eigenvalue weighted by molar-refractivity contribution is 14.1. The summed E-state index contributed by atoms with van der Waals surface area (Å²) < 4.78 is 37.3. The number of hydrogen-bond acceptors (Lipinski definition) is 8. The van der Waals surface area contributed by atoms with Crippen molar-refractivity contribution in [1.82, 2.24) is 4.98 Å². The molecule has 2 N–H and O–H groups in total. The van der Waals surface area contributed by atoms with Crippen LogP contribution in [0, 0.1) is 3.57 Å². The number of ether oxygens (including phenoxy) is 2. The molecule has 156 valence electrons. The van der Waals surface area contributed by atoms with Crippen molar-refractivity contribution in [3.8, 4) is 16.2 Å². The number of methoxy groups -OCH3 is 1. The van der Waals surface area contributed by atoms with Crippen LogP contribution >= 0.6 is 33.9 Å². The molecule has 1 atom stereocenters. The highest BCUT2D eigenvalue weighted by Crippen LogP contribution is 2.46. The van der Waals surface area contributed by atoms with E-state index in [1.165, 1.54) is 11.3 Å². The molecular formula is C19H22IN3O4S2. The van der Waals surface area contributed by atoms with Gasteiger partial charge in [0.2, 0.25) is 0 Å². The number of nitrogens with zero attached hydrogens (tertiary/aromatic N) is 2. The SMILES string of the molecule is COc1cncc(-c2cc(I)c([C@]3(C)CS(=O)(=O)C4(CCOCC4)C(N)=N3)s2)c1. The second kappa shape index (κ2) is 7.47. The predicted octanol–water partition coefficient (Wildman–Crippen LogP) is 2.97. The summed E-state index contributed by atoms with van der Waals surface area (Å²) in [5, 5.41) is 0. The Bertz CT molecular complexity index is 1080. The van der Waals surface area contributed by atoms with Crippen molar-refractivity contribution in [3.05, 3.63) is 33.0 Å². The lowest BCUT2D eigenvalue weighted by atomic mass is 9.95. The van der Waals surface area contributed by atoms with Crippen molar-refractivity contribution in [2.24, 2.45) is 10.7 Å². The van der Waals surface area contributed by atoms with Gasteiger partial charge in [-0.25, -0.2) is 8.42 Å². The van der Waals surface area contributed by atoms with E-state index >= 15 is 0 Å². The summed E-state index contributed by atoms with van der Waals surface area (Å²) in [5.74, 6) is 0.818. The number of hydrogen-bond donors (Lipinski definition) is 1. The number of aliphatic imine (C=N–C) groups is 1. The number of aromatic nitrogens is 1. The minimum atomic E-state index is -3.50. The Morgan fingerprint density at radius 2 is 2.00 bits per heavy atom. The molecule has 0 aromatic carbocycles. The molecule has 0 bridgehead atoms. The Balaban J connectivity index is 1.78. The Morgan fingerprint density at radius 1 is 1.28 bits per heavy atom. The third-order valence-electron chi connectivity index (χ3n) is 5.61. The van der Waals surface area contributed by atoms with Gasteiger partial charge in [0, 0.05) is 38.3 Å². The van der Waals surface area contributed by atoms with Crippen molar-refractivity contribution >= 4 is 49.6 Å². The molecule has 29 heavy (non-hydrogen) atoms. The van der Waals surface area contributed by atoms with E-state index in [-0.39, 0.29) is 11.6 Å². The van der Waals surface area contributed by atoms with E-state index in [0.717, 1.165) is 18.9 Å². The molecule has 1 fully saturated rings. The number of thiophene rings is 1. The van der Waals surface area contributed by atoms with Crippen molar-refractivity contribution in [2.75, 3.05) is 26.1 Å². The maximum Gasteiger partial charge on any atom is 0.166 e. The number of halogens is 1. The molecule has 0 unspecified atom stereocenters. The second-order valence-electron chi connectivity index (χ2n) is 7.54. The van der Waals surface area contributed by atoms with Gasteiger partial charge in [0.15, 0.2) is 9.84 Å². The van der Waals surface area contributed by atoms with E-state index < -0.39 is 20.1 Å². The highest BCUT2D eigenvalue weighted by atomic mass is 127. The molecule has 2 aliphatic heterocycles. The first-order valence-electron chi connectivity index (χ1n) is 9.16. The zero-order chi connectivity index (χ0) is 20.9. The highest BCUT2D eigenvalue weighted by Gasteiger charge is 2.55. The molecular weight excluding hydrogens is 525 g/mol. The van der Waals surface area contributed by atoms with Crippen LogP contribution in [0.15, 0.2) is 29.5 Å². The van der Waals surface area contributed by atoms with Crippen LogP contribution in [0.5, 0.6) is 5.75 Å². The average molecular weight is 547 g/mol. The van der Waals surface area contributed by atoms with E-state index in [0.29, 0.717) is 31.8 Å². The summed E-state index contributed by atoms with van der Waals surface area (Å²) in [4.78, 5) is 10.9. The van der Waals surface area contributed by atoms with E-state index in [1.807, 2.05) is 19.1 Å². The second-order valence-corrected chi connectivity index (χ2v) is 12.1. The fourth-order valence-corrected chi connectivity index (χ4v) is 9.02. The summed E-state index contributed by atoms with van der Waals surface area (Å²) in [7, 11) is -1.90. The lowest BCUT2D eigenvalue weighted by Gasteiger charge is -2.43. The molecule has 1 saturated heterocycles. The number of nitrogens with two attached hydrogens (primary N) is 1. The lowest BCUT2D eigenvalue weighted by molar-refractivity contribution is 0.0875. The molecule has 1 spiro atoms. The molecule has 0 saturated carbocycles. The third-order valence-corrected chi connectivity index (χ3v) is 11.0. The maximum atomic E-state index is 13.4. The van der Waals surface area contributed by atoms with Crippen LogP contribution in [-0.2, 0) is 20.1 Å². The zero-order valence-corrected chi connectivity index (χ0v) is 19.9. The summed E-state index contributed by atoms with van der Waals surface area (Å²) >= 11 is 3.76. The summed E-state index contributed by atoms with van der Waals surface area (Å²) in [6.45, 7) is 2.62. The van der Waals surface area contributed by atoms with Crippen LogP contribution in [0.4, 0.5) is 0 Å². The topological polar surface area (TPSA) is 104 Å². The molecule has 4 rings (SSSR count). The van der Waals surface area contributed by atoms with Crippen molar-refractivity contribution in [1.29, 1.82) is 0 Å². The quantitative estimate of drug-likeness (QED) is 0.593. The monoisotopic (exact) mass is 547 g/mol. The molecule has 2 aromatic heterocycles. The number of pyridine rings is 1. The van der Waals surface area contributed by atoms with E-state index in [2.05, 4.69) is 27.6 Å². The molecule has 0 amide bonds. The molecule has 7 nitrogen and oxygen atoms in total. The number of rotatable bonds is 3. The fraction of sp³-hybridized carbons (Fsp3) is 0.474. The van der Waals surface area contributed by atoms with Gasteiger partial charge in [0.05, 0.1) is 19.1 Å². The summed E-state index contributed by atoms with van der Waals surface area (Å²) in [5.41, 5.74) is 6.33. The van der Waals surface area contributed by atoms with Gasteiger partial charge >= 0.3 is 0 Å². The van der Waals surface area contributed by atoms with Crippen LogP contribution in [0.1, 0.15) is 24.6 Å². The van der Waals surface area contributed by atoms with Gasteiger partial charge < -0.3 is 15.2 Å². The number of amidine groups is 1. The van der Waals surface area contributed by atoms with Gasteiger partial charge in [-0.3, -0.25) is 9.98 Å². The predicted molar refractivity (Wildman–Crippen MR) is 122 cm³/mol. The molecule has 2 aromatic rings. The minimum Gasteiger partial charge on any atom is -0.495 e. The average Bonchev–Trinajstić information content (AvgIpc) is 3.09. The van der Waals surface area contributed by atoms with Crippen molar-refractivity contribution in [2.45, 2.75) is 30.1 Å². The summed E-state index contributed by atoms with van der Waals surface area (Å²) in [6, 6.07) is 3.94. The lowest BCUT2D eigenvalue weighted by Crippen LogP contribution is -2.60. The number of sulfone groups is 1. The van der Waals surface area contributed by atoms with Crippen LogP contribution in [-0.4, -0.2) is 50.1 Å². The van der Waals surface area contributed by atoms with Crippen molar-refractivity contribution in [3.63, 3.8) is 0 Å². The Labute approximate surface area is 187 Å². The molecule has 2 aliphatic rings. The Morgan fingerprint density at radius 3 is 2.66 bits per heavy atom. The van der Waals surface area contributed by atoms with Gasteiger partial charge in [0.25, 0.3) is 0 Å². The standard InChI is InChI=1S/C19H22IN3O4S2/c1-18(11-29(24,25)19(17(21)23-18)3-5-27-6-4-19)16-14(20)8-15(28-16)12-7-13(26-2)10-22-9-12/h7-10H,3-6,11H2,1-2H3,(H2,21,23)/t18-/m0/s1. The van der Waals surface area contributed by atoms with E-state index in [1.54, 1.807) is 19.5 Å². The first-order chi connectivity index (χ1) is 13.7.